The third-order valence-electron chi connectivity index (χ3n) is 3.54. The van der Waals surface area contributed by atoms with Crippen molar-refractivity contribution in [3.8, 4) is 16.9 Å². The molecular formula is C16H16N2O2. The van der Waals surface area contributed by atoms with E-state index in [-0.39, 0.29) is 12.5 Å². The number of fused-ring (bicyclic) bond motifs is 1. The summed E-state index contributed by atoms with van der Waals surface area (Å²) >= 11 is 0. The van der Waals surface area contributed by atoms with Crippen molar-refractivity contribution < 1.29 is 9.53 Å². The molecule has 1 aliphatic heterocycles. The van der Waals surface area contributed by atoms with Crippen molar-refractivity contribution in [3.63, 3.8) is 0 Å². The first-order valence-corrected chi connectivity index (χ1v) is 6.52. The Morgan fingerprint density at radius 1 is 1.20 bits per heavy atom. The molecule has 0 fully saturated rings. The maximum absolute atomic E-state index is 11.6. The third kappa shape index (κ3) is 2.14. The number of carbonyl (C=O) groups is 1. The summed E-state index contributed by atoms with van der Waals surface area (Å²) < 4.78 is 5.51. The molecule has 1 heterocycles. The van der Waals surface area contributed by atoms with Gasteiger partial charge < -0.3 is 15.4 Å². The molecule has 0 bridgehead atoms. The van der Waals surface area contributed by atoms with Crippen molar-refractivity contribution in [3.05, 3.63) is 48.0 Å². The van der Waals surface area contributed by atoms with Gasteiger partial charge in [-0.1, -0.05) is 24.3 Å². The number of hydrogen-bond acceptors (Lipinski definition) is 3. The van der Waals surface area contributed by atoms with Crippen molar-refractivity contribution in [2.24, 2.45) is 5.73 Å². The van der Waals surface area contributed by atoms with Crippen molar-refractivity contribution in [2.75, 3.05) is 18.6 Å². The van der Waals surface area contributed by atoms with Crippen LogP contribution in [0.3, 0.4) is 0 Å². The van der Waals surface area contributed by atoms with E-state index in [0.29, 0.717) is 6.54 Å². The van der Waals surface area contributed by atoms with E-state index in [1.54, 1.807) is 11.9 Å². The molecule has 0 radical (unpaired) electrons. The lowest BCUT2D eigenvalue weighted by Gasteiger charge is -2.26. The Labute approximate surface area is 117 Å². The van der Waals surface area contributed by atoms with E-state index < -0.39 is 0 Å². The molecule has 1 amide bonds. The second-order valence-electron chi connectivity index (χ2n) is 4.83. The van der Waals surface area contributed by atoms with Gasteiger partial charge in [-0.05, 0) is 34.9 Å². The van der Waals surface area contributed by atoms with Gasteiger partial charge in [0.05, 0.1) is 5.69 Å². The van der Waals surface area contributed by atoms with E-state index in [0.717, 1.165) is 28.1 Å². The van der Waals surface area contributed by atoms with Crippen LogP contribution in [0.25, 0.3) is 11.1 Å². The van der Waals surface area contributed by atoms with Crippen LogP contribution in [0.15, 0.2) is 42.5 Å². The normalized spacial score (nSPS) is 13.9. The fourth-order valence-electron chi connectivity index (χ4n) is 2.33. The number of amides is 1. The van der Waals surface area contributed by atoms with Gasteiger partial charge in [0.1, 0.15) is 5.75 Å². The van der Waals surface area contributed by atoms with Crippen molar-refractivity contribution in [1.82, 2.24) is 0 Å². The van der Waals surface area contributed by atoms with Crippen LogP contribution in [0.5, 0.6) is 5.75 Å². The lowest BCUT2D eigenvalue weighted by atomic mass is 10.0. The highest BCUT2D eigenvalue weighted by atomic mass is 16.5. The summed E-state index contributed by atoms with van der Waals surface area (Å²) in [6.07, 6.45) is 0. The predicted molar refractivity (Wildman–Crippen MR) is 78.7 cm³/mol. The van der Waals surface area contributed by atoms with E-state index in [4.69, 9.17) is 10.5 Å². The Morgan fingerprint density at radius 3 is 2.80 bits per heavy atom. The first-order chi connectivity index (χ1) is 9.69. The van der Waals surface area contributed by atoms with Crippen molar-refractivity contribution >= 4 is 11.6 Å². The Morgan fingerprint density at radius 2 is 2.00 bits per heavy atom. The summed E-state index contributed by atoms with van der Waals surface area (Å²) in [5.74, 6) is 0.707. The average Bonchev–Trinajstić information content (AvgIpc) is 2.51. The monoisotopic (exact) mass is 268 g/mol. The Kier molecular flexibility index (Phi) is 3.16. The van der Waals surface area contributed by atoms with Gasteiger partial charge in [-0.2, -0.15) is 0 Å². The molecule has 2 N–H and O–H groups in total. The van der Waals surface area contributed by atoms with Crippen LogP contribution in [0.4, 0.5) is 5.69 Å². The van der Waals surface area contributed by atoms with Crippen LogP contribution in [-0.4, -0.2) is 19.6 Å². The molecular weight excluding hydrogens is 252 g/mol. The van der Waals surface area contributed by atoms with Gasteiger partial charge in [-0.3, -0.25) is 4.79 Å². The number of ether oxygens (including phenoxy) is 1. The highest BCUT2D eigenvalue weighted by Gasteiger charge is 2.22. The lowest BCUT2D eigenvalue weighted by molar-refractivity contribution is -0.120. The van der Waals surface area contributed by atoms with Crippen LogP contribution in [0.1, 0.15) is 5.56 Å². The zero-order valence-electron chi connectivity index (χ0n) is 11.3. The van der Waals surface area contributed by atoms with Gasteiger partial charge in [-0.25, -0.2) is 0 Å². The molecule has 0 spiro atoms. The molecule has 4 nitrogen and oxygen atoms in total. The lowest BCUT2D eigenvalue weighted by Crippen LogP contribution is -2.35. The number of nitrogens with zero attached hydrogens (tertiary/aromatic N) is 1. The third-order valence-corrected chi connectivity index (χ3v) is 3.54. The summed E-state index contributed by atoms with van der Waals surface area (Å²) in [4.78, 5) is 13.2. The van der Waals surface area contributed by atoms with Crippen molar-refractivity contribution in [2.45, 2.75) is 6.54 Å². The molecule has 4 heteroatoms. The van der Waals surface area contributed by atoms with E-state index in [9.17, 15) is 4.79 Å². The molecule has 0 aromatic heterocycles. The van der Waals surface area contributed by atoms with Crippen LogP contribution in [0.2, 0.25) is 0 Å². The molecule has 0 saturated heterocycles. The van der Waals surface area contributed by atoms with Gasteiger partial charge >= 0.3 is 0 Å². The molecule has 0 aliphatic carbocycles. The molecule has 3 rings (SSSR count). The van der Waals surface area contributed by atoms with E-state index in [1.165, 1.54) is 0 Å². The number of hydrogen-bond donors (Lipinski definition) is 1. The highest BCUT2D eigenvalue weighted by molar-refractivity contribution is 5.97. The maximum Gasteiger partial charge on any atom is 0.264 e. The first kappa shape index (κ1) is 12.7. The standard InChI is InChI=1S/C16H16N2O2/c1-18-14-6-5-13(8-15(14)20-10-16(18)19)12-4-2-3-11(7-12)9-17/h2-8H,9-10,17H2,1H3. The number of rotatable bonds is 2. The number of nitrogens with two attached hydrogens (primary N) is 1. The topological polar surface area (TPSA) is 55.6 Å². The highest BCUT2D eigenvalue weighted by Crippen LogP contribution is 2.35. The number of carbonyl (C=O) groups excluding carboxylic acids is 1. The maximum atomic E-state index is 11.6. The number of anilines is 1. The number of likely N-dealkylation sites (N-methyl/N-ethyl adjacent to an activating group) is 1. The molecule has 0 atom stereocenters. The first-order valence-electron chi connectivity index (χ1n) is 6.52. The zero-order chi connectivity index (χ0) is 14.1. The minimum absolute atomic E-state index is 0.0321. The van der Waals surface area contributed by atoms with E-state index in [1.807, 2.05) is 36.4 Å². The van der Waals surface area contributed by atoms with E-state index >= 15 is 0 Å². The van der Waals surface area contributed by atoms with Gasteiger partial charge in [0.25, 0.3) is 5.91 Å². The van der Waals surface area contributed by atoms with Gasteiger partial charge in [0, 0.05) is 13.6 Å². The summed E-state index contributed by atoms with van der Waals surface area (Å²) in [5, 5.41) is 0. The van der Waals surface area contributed by atoms with Gasteiger partial charge in [0.15, 0.2) is 6.61 Å². The molecule has 20 heavy (non-hydrogen) atoms. The SMILES string of the molecule is CN1C(=O)COc2cc(-c3cccc(CN)c3)ccc21. The summed E-state index contributed by atoms with van der Waals surface area (Å²) in [7, 11) is 1.76. The quantitative estimate of drug-likeness (QED) is 0.908. The molecule has 0 saturated carbocycles. The smallest absolute Gasteiger partial charge is 0.264 e. The van der Waals surface area contributed by atoms with E-state index in [2.05, 4.69) is 6.07 Å². The summed E-state index contributed by atoms with van der Waals surface area (Å²) in [6, 6.07) is 14.0. The molecule has 2 aromatic carbocycles. The van der Waals surface area contributed by atoms with Crippen LogP contribution in [0, 0.1) is 0 Å². The van der Waals surface area contributed by atoms with Crippen LogP contribution < -0.4 is 15.4 Å². The minimum Gasteiger partial charge on any atom is -0.482 e. The molecule has 2 aromatic rings. The molecule has 0 unspecified atom stereocenters. The fraction of sp³-hybridized carbons (Fsp3) is 0.188. The Hall–Kier alpha value is -2.33. The fourth-order valence-corrected chi connectivity index (χ4v) is 2.33. The molecule has 102 valence electrons. The minimum atomic E-state index is -0.0321. The van der Waals surface area contributed by atoms with Gasteiger partial charge in [-0.15, -0.1) is 0 Å². The predicted octanol–water partition coefficient (Wildman–Crippen LogP) is 2.17. The summed E-state index contributed by atoms with van der Waals surface area (Å²) in [5.41, 5.74) is 9.72. The average molecular weight is 268 g/mol. The Balaban J connectivity index is 2.02. The van der Waals surface area contributed by atoms with Crippen molar-refractivity contribution in [1.29, 1.82) is 0 Å². The number of benzene rings is 2. The summed E-state index contributed by atoms with van der Waals surface area (Å²) in [6.45, 7) is 0.613. The van der Waals surface area contributed by atoms with Gasteiger partial charge in [0.2, 0.25) is 0 Å². The largest absolute Gasteiger partial charge is 0.482 e. The Bertz CT molecular complexity index is 667. The zero-order valence-corrected chi connectivity index (χ0v) is 11.3. The van der Waals surface area contributed by atoms with Crippen LogP contribution >= 0.6 is 0 Å². The second kappa shape index (κ2) is 4.98. The second-order valence-corrected chi connectivity index (χ2v) is 4.83. The molecule has 1 aliphatic rings. The van der Waals surface area contributed by atoms with Crippen LogP contribution in [-0.2, 0) is 11.3 Å².